The number of ether oxygens (including phenoxy) is 2. The van der Waals surface area contributed by atoms with Crippen molar-refractivity contribution >= 4 is 22.9 Å². The van der Waals surface area contributed by atoms with Crippen LogP contribution in [-0.4, -0.2) is 60.8 Å². The molecule has 2 aliphatic heterocycles. The highest BCUT2D eigenvalue weighted by molar-refractivity contribution is 7.09. The van der Waals surface area contributed by atoms with Crippen LogP contribution in [0.2, 0.25) is 0 Å². The lowest BCUT2D eigenvalue weighted by molar-refractivity contribution is -0.146. The molecule has 28 heavy (non-hydrogen) atoms. The minimum absolute atomic E-state index is 0.00405. The van der Waals surface area contributed by atoms with E-state index >= 15 is 0 Å². The summed E-state index contributed by atoms with van der Waals surface area (Å²) in [4.78, 5) is 19.4. The molecular formula is C21H27N3O3S. The van der Waals surface area contributed by atoms with Gasteiger partial charge in [-0.3, -0.25) is 9.69 Å². The number of benzene rings is 1. The largest absolute Gasteiger partial charge is 0.378 e. The molecule has 1 spiro atoms. The number of nitrogens with zero attached hydrogens (tertiary/aromatic N) is 2. The maximum Gasteiger partial charge on any atom is 0.238 e. The summed E-state index contributed by atoms with van der Waals surface area (Å²) >= 11 is 1.63. The van der Waals surface area contributed by atoms with Gasteiger partial charge in [-0.15, -0.1) is 11.3 Å². The molecule has 2 fully saturated rings. The molecule has 7 heteroatoms. The minimum Gasteiger partial charge on any atom is -0.378 e. The average Bonchev–Trinajstić information content (AvgIpc) is 3.32. The van der Waals surface area contributed by atoms with Crippen molar-refractivity contribution in [1.82, 2.24) is 9.88 Å². The number of carbonyl (C=O) groups is 1. The van der Waals surface area contributed by atoms with Crippen molar-refractivity contribution in [1.29, 1.82) is 0 Å². The van der Waals surface area contributed by atoms with E-state index in [0.29, 0.717) is 6.54 Å². The summed E-state index contributed by atoms with van der Waals surface area (Å²) in [5.41, 5.74) is 2.50. The van der Waals surface area contributed by atoms with Gasteiger partial charge in [0.15, 0.2) is 0 Å². The molecule has 1 amide bonds. The first-order chi connectivity index (χ1) is 13.6. The third-order valence-corrected chi connectivity index (χ3v) is 6.41. The minimum atomic E-state index is -0.254. The lowest BCUT2D eigenvalue weighted by atomic mass is 9.87. The summed E-state index contributed by atoms with van der Waals surface area (Å²) in [6.07, 6.45) is 3.07. The van der Waals surface area contributed by atoms with Crippen LogP contribution in [0.25, 0.3) is 11.3 Å². The van der Waals surface area contributed by atoms with E-state index in [1.165, 1.54) is 0 Å². The molecule has 2 aromatic rings. The van der Waals surface area contributed by atoms with Crippen molar-refractivity contribution in [2.45, 2.75) is 37.9 Å². The molecule has 3 heterocycles. The number of thiazole rings is 1. The van der Waals surface area contributed by atoms with Crippen LogP contribution in [0.3, 0.4) is 0 Å². The van der Waals surface area contributed by atoms with Gasteiger partial charge in [-0.2, -0.15) is 0 Å². The number of carbonyl (C=O) groups excluding carboxylic acids is 1. The molecule has 0 aliphatic carbocycles. The molecule has 1 N–H and O–H groups in total. The number of hydrogen-bond donors (Lipinski definition) is 1. The molecule has 2 unspecified atom stereocenters. The first-order valence-electron chi connectivity index (χ1n) is 9.79. The summed E-state index contributed by atoms with van der Waals surface area (Å²) in [7, 11) is 1.76. The molecule has 1 aromatic heterocycles. The fraction of sp³-hybridized carbons (Fsp3) is 0.524. The van der Waals surface area contributed by atoms with Crippen LogP contribution >= 0.6 is 11.3 Å². The van der Waals surface area contributed by atoms with Crippen LogP contribution in [-0.2, 0) is 14.3 Å². The number of anilines is 1. The zero-order valence-electron chi connectivity index (χ0n) is 16.4. The van der Waals surface area contributed by atoms with Crippen molar-refractivity contribution in [3.63, 3.8) is 0 Å². The SMILES string of the molecule is COC1CCN(CC(=O)Nc2cccc(-c3csc(C)n3)c2)CC12CCCO2. The van der Waals surface area contributed by atoms with Gasteiger partial charge in [0.05, 0.1) is 23.4 Å². The molecule has 0 radical (unpaired) electrons. The molecular weight excluding hydrogens is 374 g/mol. The zero-order valence-corrected chi connectivity index (χ0v) is 17.3. The molecule has 0 bridgehead atoms. The number of rotatable bonds is 5. The number of likely N-dealkylation sites (tertiary alicyclic amines) is 1. The Hall–Kier alpha value is -1.80. The van der Waals surface area contributed by atoms with Crippen LogP contribution in [0.15, 0.2) is 29.6 Å². The van der Waals surface area contributed by atoms with Gasteiger partial charge in [-0.25, -0.2) is 4.98 Å². The topological polar surface area (TPSA) is 63.7 Å². The second-order valence-corrected chi connectivity index (χ2v) is 8.68. The van der Waals surface area contributed by atoms with E-state index in [1.807, 2.05) is 36.6 Å². The average molecular weight is 402 g/mol. The fourth-order valence-corrected chi connectivity index (χ4v) is 4.97. The molecule has 6 nitrogen and oxygen atoms in total. The summed E-state index contributed by atoms with van der Waals surface area (Å²) in [6.45, 7) is 4.73. The Balaban J connectivity index is 1.38. The van der Waals surface area contributed by atoms with E-state index in [2.05, 4.69) is 15.2 Å². The normalized spacial score (nSPS) is 25.3. The van der Waals surface area contributed by atoms with Gasteiger partial charge < -0.3 is 14.8 Å². The second kappa shape index (κ2) is 8.29. The van der Waals surface area contributed by atoms with Gasteiger partial charge in [0.25, 0.3) is 0 Å². The monoisotopic (exact) mass is 401 g/mol. The Kier molecular flexibility index (Phi) is 5.78. The smallest absolute Gasteiger partial charge is 0.238 e. The van der Waals surface area contributed by atoms with Crippen molar-refractivity contribution in [3.05, 3.63) is 34.7 Å². The van der Waals surface area contributed by atoms with E-state index in [9.17, 15) is 4.79 Å². The van der Waals surface area contributed by atoms with Crippen molar-refractivity contribution in [2.24, 2.45) is 0 Å². The van der Waals surface area contributed by atoms with Gasteiger partial charge in [-0.1, -0.05) is 12.1 Å². The van der Waals surface area contributed by atoms with Crippen LogP contribution in [0.1, 0.15) is 24.3 Å². The number of nitrogens with one attached hydrogen (secondary N) is 1. The molecule has 150 valence electrons. The van der Waals surface area contributed by atoms with E-state index < -0.39 is 0 Å². The van der Waals surface area contributed by atoms with Gasteiger partial charge in [0.1, 0.15) is 5.60 Å². The Morgan fingerprint density at radius 2 is 2.39 bits per heavy atom. The van der Waals surface area contributed by atoms with Gasteiger partial charge in [-0.05, 0) is 38.3 Å². The zero-order chi connectivity index (χ0) is 19.6. The van der Waals surface area contributed by atoms with E-state index in [4.69, 9.17) is 9.47 Å². The first kappa shape index (κ1) is 19.5. The van der Waals surface area contributed by atoms with Crippen LogP contribution in [0.4, 0.5) is 5.69 Å². The van der Waals surface area contributed by atoms with E-state index in [-0.39, 0.29) is 17.6 Å². The Labute approximate surface area is 169 Å². The molecule has 2 atom stereocenters. The highest BCUT2D eigenvalue weighted by Crippen LogP contribution is 2.36. The summed E-state index contributed by atoms with van der Waals surface area (Å²) in [6, 6.07) is 7.86. The second-order valence-electron chi connectivity index (χ2n) is 7.62. The number of piperidine rings is 1. The first-order valence-corrected chi connectivity index (χ1v) is 10.7. The summed E-state index contributed by atoms with van der Waals surface area (Å²) in [5.74, 6) is -0.00405. The van der Waals surface area contributed by atoms with Crippen LogP contribution < -0.4 is 5.32 Å². The Morgan fingerprint density at radius 3 is 3.11 bits per heavy atom. The molecule has 2 aliphatic rings. The number of aromatic nitrogens is 1. The predicted molar refractivity (Wildman–Crippen MR) is 111 cm³/mol. The van der Waals surface area contributed by atoms with E-state index in [1.54, 1.807) is 18.4 Å². The van der Waals surface area contributed by atoms with Gasteiger partial charge in [0.2, 0.25) is 5.91 Å². The number of methoxy groups -OCH3 is 1. The number of amides is 1. The number of aryl methyl sites for hydroxylation is 1. The van der Waals surface area contributed by atoms with Gasteiger partial charge >= 0.3 is 0 Å². The van der Waals surface area contributed by atoms with Crippen molar-refractivity contribution in [2.75, 3.05) is 38.7 Å². The van der Waals surface area contributed by atoms with E-state index in [0.717, 1.165) is 60.9 Å². The lowest BCUT2D eigenvalue weighted by Gasteiger charge is -2.44. The van der Waals surface area contributed by atoms with Crippen LogP contribution in [0, 0.1) is 6.92 Å². The third-order valence-electron chi connectivity index (χ3n) is 5.63. The molecule has 4 rings (SSSR count). The predicted octanol–water partition coefficient (Wildman–Crippen LogP) is 3.33. The summed E-state index contributed by atoms with van der Waals surface area (Å²) in [5, 5.41) is 6.11. The maximum atomic E-state index is 12.6. The Bertz CT molecular complexity index is 832. The maximum absolute atomic E-state index is 12.6. The lowest BCUT2D eigenvalue weighted by Crippen LogP contribution is -2.58. The third kappa shape index (κ3) is 4.12. The molecule has 1 aromatic carbocycles. The summed E-state index contributed by atoms with van der Waals surface area (Å²) < 4.78 is 11.8. The van der Waals surface area contributed by atoms with Crippen molar-refractivity contribution < 1.29 is 14.3 Å². The highest BCUT2D eigenvalue weighted by atomic mass is 32.1. The molecule has 0 saturated carbocycles. The van der Waals surface area contributed by atoms with Crippen LogP contribution in [0.5, 0.6) is 0 Å². The fourth-order valence-electron chi connectivity index (χ4n) is 4.34. The number of hydrogen-bond acceptors (Lipinski definition) is 6. The van der Waals surface area contributed by atoms with Gasteiger partial charge in [0, 0.05) is 43.4 Å². The standard InChI is InChI=1S/C21H27N3O3S/c1-15-22-18(13-28-15)16-5-3-6-17(11-16)23-20(25)12-24-9-7-19(26-2)21(14-24)8-4-10-27-21/h3,5-6,11,13,19H,4,7-10,12,14H2,1-2H3,(H,23,25). The van der Waals surface area contributed by atoms with Crippen molar-refractivity contribution in [3.8, 4) is 11.3 Å². The Morgan fingerprint density at radius 1 is 1.50 bits per heavy atom. The molecule has 2 saturated heterocycles. The quantitative estimate of drug-likeness (QED) is 0.833. The highest BCUT2D eigenvalue weighted by Gasteiger charge is 2.47.